The first-order chi connectivity index (χ1) is 9.81. The Morgan fingerprint density at radius 1 is 1.15 bits per heavy atom. The minimum Gasteiger partial charge on any atom is -0.326 e. The molecule has 2 N–H and O–H groups in total. The van der Waals surface area contributed by atoms with Crippen molar-refractivity contribution in [1.82, 2.24) is 14.5 Å². The van der Waals surface area contributed by atoms with Gasteiger partial charge in [0, 0.05) is 18.9 Å². The fourth-order valence-corrected chi connectivity index (χ4v) is 2.51. The molecule has 0 aliphatic carbocycles. The fraction of sp³-hybridized carbons (Fsp3) is 0.250. The van der Waals surface area contributed by atoms with Crippen molar-refractivity contribution in [1.29, 1.82) is 0 Å². The van der Waals surface area contributed by atoms with Gasteiger partial charge in [-0.15, -0.1) is 0 Å². The van der Waals surface area contributed by atoms with Gasteiger partial charge in [-0.05, 0) is 36.2 Å². The summed E-state index contributed by atoms with van der Waals surface area (Å²) >= 11 is 0. The van der Waals surface area contributed by atoms with Crippen LogP contribution < -0.4 is 5.73 Å². The summed E-state index contributed by atoms with van der Waals surface area (Å²) in [6.45, 7) is 3.09. The lowest BCUT2D eigenvalue weighted by atomic mass is 10.1. The Morgan fingerprint density at radius 2 is 1.90 bits per heavy atom. The Hall–Kier alpha value is -2.20. The average molecular weight is 266 g/mol. The number of fused-ring (bicyclic) bond motifs is 1. The average Bonchev–Trinajstić information content (AvgIpc) is 2.87. The van der Waals surface area contributed by atoms with E-state index >= 15 is 0 Å². The summed E-state index contributed by atoms with van der Waals surface area (Å²) in [5.41, 5.74) is 9.58. The number of benzene rings is 1. The van der Waals surface area contributed by atoms with Gasteiger partial charge in [-0.25, -0.2) is 4.98 Å². The van der Waals surface area contributed by atoms with E-state index in [1.54, 1.807) is 12.4 Å². The zero-order valence-corrected chi connectivity index (χ0v) is 11.5. The Labute approximate surface area is 118 Å². The van der Waals surface area contributed by atoms with E-state index in [2.05, 4.69) is 22.5 Å². The zero-order chi connectivity index (χ0) is 13.9. The van der Waals surface area contributed by atoms with Gasteiger partial charge in [-0.2, -0.15) is 0 Å². The SMILES string of the molecule is CCCn1c(C(N)c2ccncc2)nc2ccccc21. The van der Waals surface area contributed by atoms with E-state index < -0.39 is 0 Å². The van der Waals surface area contributed by atoms with Crippen LogP contribution in [0.15, 0.2) is 48.8 Å². The van der Waals surface area contributed by atoms with Gasteiger partial charge in [0.15, 0.2) is 0 Å². The van der Waals surface area contributed by atoms with Gasteiger partial charge < -0.3 is 10.3 Å². The molecule has 102 valence electrons. The molecule has 4 heteroatoms. The molecule has 0 spiro atoms. The van der Waals surface area contributed by atoms with Crippen molar-refractivity contribution in [2.45, 2.75) is 25.9 Å². The fourth-order valence-electron chi connectivity index (χ4n) is 2.51. The van der Waals surface area contributed by atoms with Crippen molar-refractivity contribution >= 4 is 11.0 Å². The maximum Gasteiger partial charge on any atom is 0.131 e. The Morgan fingerprint density at radius 3 is 2.65 bits per heavy atom. The number of hydrogen-bond acceptors (Lipinski definition) is 3. The lowest BCUT2D eigenvalue weighted by molar-refractivity contribution is 0.627. The summed E-state index contributed by atoms with van der Waals surface area (Å²) in [6.07, 6.45) is 4.58. The number of rotatable bonds is 4. The van der Waals surface area contributed by atoms with Crippen molar-refractivity contribution in [2.75, 3.05) is 0 Å². The molecule has 1 aromatic carbocycles. The predicted molar refractivity (Wildman–Crippen MR) is 80.3 cm³/mol. The Kier molecular flexibility index (Phi) is 3.48. The number of pyridine rings is 1. The van der Waals surface area contributed by atoms with Crippen LogP contribution in [0.3, 0.4) is 0 Å². The van der Waals surface area contributed by atoms with Crippen LogP contribution in [0, 0.1) is 0 Å². The van der Waals surface area contributed by atoms with E-state index in [-0.39, 0.29) is 6.04 Å². The van der Waals surface area contributed by atoms with Gasteiger partial charge in [0.1, 0.15) is 5.82 Å². The normalized spacial score (nSPS) is 12.7. The number of nitrogens with two attached hydrogens (primary N) is 1. The van der Waals surface area contributed by atoms with Crippen molar-refractivity contribution in [3.63, 3.8) is 0 Å². The smallest absolute Gasteiger partial charge is 0.131 e. The molecule has 2 heterocycles. The number of para-hydroxylation sites is 2. The molecule has 1 unspecified atom stereocenters. The number of aromatic nitrogens is 3. The van der Waals surface area contributed by atoms with Gasteiger partial charge in [-0.1, -0.05) is 19.1 Å². The lowest BCUT2D eigenvalue weighted by Gasteiger charge is -2.14. The quantitative estimate of drug-likeness (QED) is 0.790. The van der Waals surface area contributed by atoms with Crippen LogP contribution in [0.25, 0.3) is 11.0 Å². The molecule has 0 aliphatic heterocycles. The van der Waals surface area contributed by atoms with Crippen molar-refractivity contribution in [3.05, 3.63) is 60.2 Å². The number of aryl methyl sites for hydroxylation is 1. The topological polar surface area (TPSA) is 56.7 Å². The largest absolute Gasteiger partial charge is 0.326 e. The van der Waals surface area contributed by atoms with Crippen molar-refractivity contribution < 1.29 is 0 Å². The first kappa shape index (κ1) is 12.8. The maximum atomic E-state index is 6.40. The van der Waals surface area contributed by atoms with E-state index in [9.17, 15) is 0 Å². The van der Waals surface area contributed by atoms with Crippen LogP contribution in [0.1, 0.15) is 30.8 Å². The highest BCUT2D eigenvalue weighted by atomic mass is 15.1. The van der Waals surface area contributed by atoms with Gasteiger partial charge in [0.05, 0.1) is 17.1 Å². The predicted octanol–water partition coefficient (Wildman–Crippen LogP) is 2.89. The molecular weight excluding hydrogens is 248 g/mol. The summed E-state index contributed by atoms with van der Waals surface area (Å²) < 4.78 is 2.22. The van der Waals surface area contributed by atoms with Crippen molar-refractivity contribution in [2.24, 2.45) is 5.73 Å². The van der Waals surface area contributed by atoms with E-state index in [1.165, 1.54) is 0 Å². The first-order valence-corrected chi connectivity index (χ1v) is 6.92. The van der Waals surface area contributed by atoms with Gasteiger partial charge >= 0.3 is 0 Å². The summed E-state index contributed by atoms with van der Waals surface area (Å²) in [7, 11) is 0. The molecule has 1 atom stereocenters. The molecule has 0 aliphatic rings. The highest BCUT2D eigenvalue weighted by molar-refractivity contribution is 5.76. The molecule has 0 bridgehead atoms. The van der Waals surface area contributed by atoms with E-state index in [1.807, 2.05) is 30.3 Å². The summed E-state index contributed by atoms with van der Waals surface area (Å²) in [5, 5.41) is 0. The standard InChI is InChI=1S/C16H18N4/c1-2-11-20-14-6-4-3-5-13(14)19-16(20)15(17)12-7-9-18-10-8-12/h3-10,15H,2,11,17H2,1H3. The van der Waals surface area contributed by atoms with Crippen LogP contribution >= 0.6 is 0 Å². The zero-order valence-electron chi connectivity index (χ0n) is 11.5. The summed E-state index contributed by atoms with van der Waals surface area (Å²) in [4.78, 5) is 8.77. The maximum absolute atomic E-state index is 6.40. The number of hydrogen-bond donors (Lipinski definition) is 1. The Bertz CT molecular complexity index is 703. The number of nitrogens with zero attached hydrogens (tertiary/aromatic N) is 3. The second-order valence-electron chi connectivity index (χ2n) is 4.87. The van der Waals surface area contributed by atoms with Crippen LogP contribution in [0.5, 0.6) is 0 Å². The molecule has 3 rings (SSSR count). The third-order valence-electron chi connectivity index (χ3n) is 3.47. The molecule has 2 aromatic heterocycles. The van der Waals surface area contributed by atoms with Crippen LogP contribution in [0.4, 0.5) is 0 Å². The van der Waals surface area contributed by atoms with Crippen LogP contribution in [0.2, 0.25) is 0 Å². The third kappa shape index (κ3) is 2.18. The Balaban J connectivity index is 2.12. The third-order valence-corrected chi connectivity index (χ3v) is 3.47. The lowest BCUT2D eigenvalue weighted by Crippen LogP contribution is -2.18. The van der Waals surface area contributed by atoms with Gasteiger partial charge in [0.25, 0.3) is 0 Å². The summed E-state index contributed by atoms with van der Waals surface area (Å²) in [6, 6.07) is 11.8. The molecule has 3 aromatic rings. The van der Waals surface area contributed by atoms with Gasteiger partial charge in [0.2, 0.25) is 0 Å². The van der Waals surface area contributed by atoms with Crippen LogP contribution in [-0.2, 0) is 6.54 Å². The summed E-state index contributed by atoms with van der Waals surface area (Å²) in [5.74, 6) is 0.916. The molecule has 0 radical (unpaired) electrons. The minimum atomic E-state index is -0.225. The first-order valence-electron chi connectivity index (χ1n) is 6.92. The number of imidazole rings is 1. The second-order valence-corrected chi connectivity index (χ2v) is 4.87. The van der Waals surface area contributed by atoms with E-state index in [0.29, 0.717) is 0 Å². The molecule has 20 heavy (non-hydrogen) atoms. The highest BCUT2D eigenvalue weighted by Crippen LogP contribution is 2.24. The van der Waals surface area contributed by atoms with E-state index in [4.69, 9.17) is 10.7 Å². The molecule has 4 nitrogen and oxygen atoms in total. The highest BCUT2D eigenvalue weighted by Gasteiger charge is 2.17. The van der Waals surface area contributed by atoms with E-state index in [0.717, 1.165) is 35.4 Å². The second kappa shape index (κ2) is 5.43. The molecule has 0 saturated heterocycles. The monoisotopic (exact) mass is 266 g/mol. The molecule has 0 fully saturated rings. The van der Waals surface area contributed by atoms with Crippen molar-refractivity contribution in [3.8, 4) is 0 Å². The van der Waals surface area contributed by atoms with Gasteiger partial charge in [-0.3, -0.25) is 4.98 Å². The minimum absolute atomic E-state index is 0.225. The molecule has 0 saturated carbocycles. The molecular formula is C16H18N4. The molecule has 0 amide bonds. The van der Waals surface area contributed by atoms with Crippen LogP contribution in [-0.4, -0.2) is 14.5 Å².